The zero-order chi connectivity index (χ0) is 14.1. The molecule has 0 radical (unpaired) electrons. The highest BCUT2D eigenvalue weighted by atomic mass is 19.1. The van der Waals surface area contributed by atoms with Gasteiger partial charge in [0.2, 0.25) is 0 Å². The Labute approximate surface area is 118 Å². The Balaban J connectivity index is 1.89. The minimum absolute atomic E-state index is 0.0381. The molecule has 0 saturated carbocycles. The number of fused-ring (bicyclic) bond motifs is 1. The molecule has 5 heteroatoms. The zero-order valence-electron chi connectivity index (χ0n) is 11.6. The molecule has 0 aliphatic carbocycles. The number of imidazole rings is 1. The summed E-state index contributed by atoms with van der Waals surface area (Å²) in [5.74, 6) is 0.839. The van der Waals surface area contributed by atoms with Crippen molar-refractivity contribution >= 4 is 0 Å². The SMILES string of the molecule is Cc1ccc(F)cc1C(CN)N1CCn2ccnc2C1. The van der Waals surface area contributed by atoms with Gasteiger partial charge >= 0.3 is 0 Å². The van der Waals surface area contributed by atoms with Crippen LogP contribution in [0.2, 0.25) is 0 Å². The van der Waals surface area contributed by atoms with Gasteiger partial charge in [-0.15, -0.1) is 0 Å². The molecule has 1 unspecified atom stereocenters. The Hall–Kier alpha value is -1.72. The fourth-order valence-electron chi connectivity index (χ4n) is 2.90. The Morgan fingerprint density at radius 3 is 3.05 bits per heavy atom. The topological polar surface area (TPSA) is 47.1 Å². The van der Waals surface area contributed by atoms with E-state index in [0.717, 1.165) is 36.6 Å². The van der Waals surface area contributed by atoms with Crippen molar-refractivity contribution in [2.75, 3.05) is 13.1 Å². The summed E-state index contributed by atoms with van der Waals surface area (Å²) in [5.41, 5.74) is 8.02. The number of halogens is 1. The number of hydrogen-bond donors (Lipinski definition) is 1. The van der Waals surface area contributed by atoms with Gasteiger partial charge in [0.05, 0.1) is 6.54 Å². The molecule has 2 aromatic rings. The Kier molecular flexibility index (Phi) is 3.54. The van der Waals surface area contributed by atoms with E-state index in [1.165, 1.54) is 6.07 Å². The van der Waals surface area contributed by atoms with Crippen LogP contribution in [0.15, 0.2) is 30.6 Å². The van der Waals surface area contributed by atoms with Crippen molar-refractivity contribution in [1.29, 1.82) is 0 Å². The van der Waals surface area contributed by atoms with Gasteiger partial charge in [0, 0.05) is 38.1 Å². The Bertz CT molecular complexity index is 608. The Morgan fingerprint density at radius 2 is 2.25 bits per heavy atom. The predicted octanol–water partition coefficient (Wildman–Crippen LogP) is 1.85. The monoisotopic (exact) mass is 274 g/mol. The number of benzene rings is 1. The van der Waals surface area contributed by atoms with E-state index in [1.54, 1.807) is 6.07 Å². The molecular weight excluding hydrogens is 255 g/mol. The average molecular weight is 274 g/mol. The number of nitrogens with zero attached hydrogens (tertiary/aromatic N) is 3. The second-order valence-electron chi connectivity index (χ2n) is 5.26. The van der Waals surface area contributed by atoms with Gasteiger partial charge in [-0.1, -0.05) is 6.07 Å². The molecule has 1 atom stereocenters. The van der Waals surface area contributed by atoms with Gasteiger partial charge in [0.15, 0.2) is 0 Å². The fourth-order valence-corrected chi connectivity index (χ4v) is 2.90. The van der Waals surface area contributed by atoms with Crippen LogP contribution >= 0.6 is 0 Å². The fraction of sp³-hybridized carbons (Fsp3) is 0.400. The first-order valence-electron chi connectivity index (χ1n) is 6.89. The molecule has 0 amide bonds. The number of nitrogens with two attached hydrogens (primary N) is 1. The van der Waals surface area contributed by atoms with Crippen molar-refractivity contribution in [2.45, 2.75) is 26.1 Å². The molecule has 1 aromatic carbocycles. The predicted molar refractivity (Wildman–Crippen MR) is 75.6 cm³/mol. The minimum atomic E-state index is -0.206. The summed E-state index contributed by atoms with van der Waals surface area (Å²) in [5, 5.41) is 0. The first-order valence-corrected chi connectivity index (χ1v) is 6.89. The normalized spacial score (nSPS) is 16.9. The van der Waals surface area contributed by atoms with Crippen molar-refractivity contribution in [3.8, 4) is 0 Å². The third kappa shape index (κ3) is 2.34. The van der Waals surface area contributed by atoms with Crippen LogP contribution in [0.4, 0.5) is 4.39 Å². The van der Waals surface area contributed by atoms with E-state index in [9.17, 15) is 4.39 Å². The van der Waals surface area contributed by atoms with Gasteiger partial charge < -0.3 is 10.3 Å². The molecule has 2 heterocycles. The molecule has 0 fully saturated rings. The summed E-state index contributed by atoms with van der Waals surface area (Å²) in [6.07, 6.45) is 3.82. The summed E-state index contributed by atoms with van der Waals surface area (Å²) in [6, 6.07) is 4.96. The van der Waals surface area contributed by atoms with Crippen LogP contribution in [0.5, 0.6) is 0 Å². The maximum absolute atomic E-state index is 13.5. The van der Waals surface area contributed by atoms with Gasteiger partial charge in [-0.25, -0.2) is 9.37 Å². The zero-order valence-corrected chi connectivity index (χ0v) is 11.6. The molecule has 0 saturated heterocycles. The molecule has 1 aliphatic heterocycles. The van der Waals surface area contributed by atoms with E-state index >= 15 is 0 Å². The first-order chi connectivity index (χ1) is 9.69. The summed E-state index contributed by atoms with van der Waals surface area (Å²) in [6.45, 7) is 5.04. The first kappa shape index (κ1) is 13.3. The van der Waals surface area contributed by atoms with E-state index in [4.69, 9.17) is 5.73 Å². The van der Waals surface area contributed by atoms with Crippen LogP contribution in [-0.2, 0) is 13.1 Å². The second kappa shape index (κ2) is 5.34. The van der Waals surface area contributed by atoms with Crippen molar-refractivity contribution in [3.05, 3.63) is 53.4 Å². The molecule has 2 N–H and O–H groups in total. The Morgan fingerprint density at radius 1 is 1.40 bits per heavy atom. The molecular formula is C15H19FN4. The van der Waals surface area contributed by atoms with Gasteiger partial charge in [-0.05, 0) is 30.2 Å². The smallest absolute Gasteiger partial charge is 0.123 e. The van der Waals surface area contributed by atoms with Crippen LogP contribution in [0.1, 0.15) is 23.0 Å². The third-order valence-electron chi connectivity index (χ3n) is 4.04. The van der Waals surface area contributed by atoms with Crippen molar-refractivity contribution < 1.29 is 4.39 Å². The number of aryl methyl sites for hydroxylation is 1. The van der Waals surface area contributed by atoms with Crippen LogP contribution in [-0.4, -0.2) is 27.5 Å². The summed E-state index contributed by atoms with van der Waals surface area (Å²) in [4.78, 5) is 6.65. The maximum Gasteiger partial charge on any atom is 0.123 e. The summed E-state index contributed by atoms with van der Waals surface area (Å²) >= 11 is 0. The average Bonchev–Trinajstić information content (AvgIpc) is 2.91. The minimum Gasteiger partial charge on any atom is -0.333 e. The van der Waals surface area contributed by atoms with E-state index in [1.807, 2.05) is 25.4 Å². The molecule has 3 rings (SSSR count). The standard InChI is InChI=1S/C15H19FN4/c1-11-2-3-12(16)8-13(11)14(9-17)20-7-6-19-5-4-18-15(19)10-20/h2-5,8,14H,6-7,9-10,17H2,1H3. The molecule has 4 nitrogen and oxygen atoms in total. The highest BCUT2D eigenvalue weighted by molar-refractivity contribution is 5.30. The van der Waals surface area contributed by atoms with Gasteiger partial charge in [-0.3, -0.25) is 4.90 Å². The molecule has 0 spiro atoms. The molecule has 106 valence electrons. The summed E-state index contributed by atoms with van der Waals surface area (Å²) in [7, 11) is 0. The van der Waals surface area contributed by atoms with E-state index < -0.39 is 0 Å². The lowest BCUT2D eigenvalue weighted by molar-refractivity contribution is 0.155. The summed E-state index contributed by atoms with van der Waals surface area (Å²) < 4.78 is 15.7. The highest BCUT2D eigenvalue weighted by Crippen LogP contribution is 2.27. The highest BCUT2D eigenvalue weighted by Gasteiger charge is 2.25. The van der Waals surface area contributed by atoms with Crippen LogP contribution < -0.4 is 5.73 Å². The largest absolute Gasteiger partial charge is 0.333 e. The molecule has 1 aromatic heterocycles. The van der Waals surface area contributed by atoms with E-state index in [-0.39, 0.29) is 11.9 Å². The molecule has 0 bridgehead atoms. The van der Waals surface area contributed by atoms with Gasteiger partial charge in [0.1, 0.15) is 11.6 Å². The second-order valence-corrected chi connectivity index (χ2v) is 5.26. The van der Waals surface area contributed by atoms with Crippen LogP contribution in [0.3, 0.4) is 0 Å². The molecule has 20 heavy (non-hydrogen) atoms. The lowest BCUT2D eigenvalue weighted by atomic mass is 9.99. The quantitative estimate of drug-likeness (QED) is 0.929. The maximum atomic E-state index is 13.5. The lowest BCUT2D eigenvalue weighted by Crippen LogP contribution is -2.40. The molecule has 1 aliphatic rings. The number of aromatic nitrogens is 2. The van der Waals surface area contributed by atoms with Crippen molar-refractivity contribution in [2.24, 2.45) is 5.73 Å². The number of rotatable bonds is 3. The van der Waals surface area contributed by atoms with Crippen molar-refractivity contribution in [3.63, 3.8) is 0 Å². The van der Waals surface area contributed by atoms with Crippen LogP contribution in [0.25, 0.3) is 0 Å². The van der Waals surface area contributed by atoms with Crippen LogP contribution in [0, 0.1) is 12.7 Å². The van der Waals surface area contributed by atoms with E-state index in [2.05, 4.69) is 14.5 Å². The lowest BCUT2D eigenvalue weighted by Gasteiger charge is -2.35. The van der Waals surface area contributed by atoms with E-state index in [0.29, 0.717) is 6.54 Å². The number of hydrogen-bond acceptors (Lipinski definition) is 3. The third-order valence-corrected chi connectivity index (χ3v) is 4.04. The van der Waals surface area contributed by atoms with Crippen molar-refractivity contribution in [1.82, 2.24) is 14.5 Å². The van der Waals surface area contributed by atoms with Gasteiger partial charge in [-0.2, -0.15) is 0 Å². The van der Waals surface area contributed by atoms with Gasteiger partial charge in [0.25, 0.3) is 0 Å².